The number of ether oxygens (including phenoxy) is 2. The first kappa shape index (κ1) is 19.6. The lowest BCUT2D eigenvalue weighted by Crippen LogP contribution is -2.01. The van der Waals surface area contributed by atoms with Crippen molar-refractivity contribution in [2.75, 3.05) is 14.2 Å². The summed E-state index contributed by atoms with van der Waals surface area (Å²) in [4.78, 5) is 4.53. The van der Waals surface area contributed by atoms with Crippen LogP contribution in [0.15, 0.2) is 58.2 Å². The van der Waals surface area contributed by atoms with Crippen molar-refractivity contribution in [2.24, 2.45) is 0 Å². The fourth-order valence-electron chi connectivity index (χ4n) is 3.33. The van der Waals surface area contributed by atoms with Crippen molar-refractivity contribution in [3.8, 4) is 28.6 Å². The van der Waals surface area contributed by atoms with Crippen molar-refractivity contribution in [3.05, 3.63) is 60.2 Å². The molecule has 0 spiro atoms. The van der Waals surface area contributed by atoms with Crippen LogP contribution in [0, 0.1) is 0 Å². The molecule has 0 unspecified atom stereocenters. The third kappa shape index (κ3) is 4.00. The first-order valence-corrected chi connectivity index (χ1v) is 10.9. The van der Waals surface area contributed by atoms with Gasteiger partial charge in [0.25, 0.3) is 0 Å². The van der Waals surface area contributed by atoms with Gasteiger partial charge in [-0.25, -0.2) is 0 Å². The molecule has 4 aromatic rings. The Bertz CT molecular complexity index is 1190. The van der Waals surface area contributed by atoms with Gasteiger partial charge in [0, 0.05) is 17.2 Å². The Labute approximate surface area is 183 Å². The Kier molecular flexibility index (Phi) is 5.33. The van der Waals surface area contributed by atoms with Crippen molar-refractivity contribution in [1.29, 1.82) is 0 Å². The zero-order valence-corrected chi connectivity index (χ0v) is 18.0. The summed E-state index contributed by atoms with van der Waals surface area (Å²) >= 11 is 1.53. The molecule has 158 valence electrons. The van der Waals surface area contributed by atoms with E-state index in [1.54, 1.807) is 14.2 Å². The minimum absolute atomic E-state index is 0.488. The van der Waals surface area contributed by atoms with Gasteiger partial charge in [-0.05, 0) is 43.2 Å². The first-order valence-electron chi connectivity index (χ1n) is 9.95. The van der Waals surface area contributed by atoms with Gasteiger partial charge in [0.15, 0.2) is 16.7 Å². The summed E-state index contributed by atoms with van der Waals surface area (Å²) in [5.74, 6) is 4.29. The van der Waals surface area contributed by atoms with E-state index in [-0.39, 0.29) is 0 Å². The Balaban J connectivity index is 1.36. The smallest absolute Gasteiger partial charge is 0.237 e. The summed E-state index contributed by atoms with van der Waals surface area (Å²) in [6.07, 6.45) is 2.32. The van der Waals surface area contributed by atoms with Crippen LogP contribution in [-0.4, -0.2) is 39.1 Å². The molecule has 8 nitrogen and oxygen atoms in total. The number of methoxy groups -OCH3 is 2. The number of hydrogen-bond acceptors (Lipinski definition) is 8. The van der Waals surface area contributed by atoms with Gasteiger partial charge in [0.05, 0.1) is 20.0 Å². The number of nitrogens with zero attached hydrogens (tertiary/aromatic N) is 5. The van der Waals surface area contributed by atoms with E-state index in [0.29, 0.717) is 34.9 Å². The van der Waals surface area contributed by atoms with E-state index in [1.807, 2.05) is 36.4 Å². The molecule has 0 N–H and O–H groups in total. The molecule has 1 fully saturated rings. The van der Waals surface area contributed by atoms with Gasteiger partial charge in [-0.15, -0.1) is 10.2 Å². The monoisotopic (exact) mass is 435 g/mol. The lowest BCUT2D eigenvalue weighted by molar-refractivity contribution is 0.355. The zero-order chi connectivity index (χ0) is 21.2. The third-order valence-corrected chi connectivity index (χ3v) is 5.96. The van der Waals surface area contributed by atoms with Crippen LogP contribution in [0.5, 0.6) is 11.5 Å². The van der Waals surface area contributed by atoms with Gasteiger partial charge in [-0.3, -0.25) is 4.57 Å². The molecular formula is C22H21N5O3S. The van der Waals surface area contributed by atoms with E-state index in [4.69, 9.17) is 14.0 Å². The van der Waals surface area contributed by atoms with Crippen LogP contribution in [0.3, 0.4) is 0 Å². The maximum atomic E-state index is 5.47. The van der Waals surface area contributed by atoms with E-state index < -0.39 is 0 Å². The van der Waals surface area contributed by atoms with E-state index in [0.717, 1.165) is 35.1 Å². The number of thioether (sulfide) groups is 1. The molecule has 1 aliphatic carbocycles. The topological polar surface area (TPSA) is 88.1 Å². The number of hydrogen-bond donors (Lipinski definition) is 0. The van der Waals surface area contributed by atoms with Gasteiger partial charge >= 0.3 is 0 Å². The summed E-state index contributed by atoms with van der Waals surface area (Å²) in [5, 5.41) is 13.8. The molecule has 2 aromatic carbocycles. The van der Waals surface area contributed by atoms with Crippen LogP contribution in [0.2, 0.25) is 0 Å². The lowest BCUT2D eigenvalue weighted by atomic mass is 10.2. The van der Waals surface area contributed by atoms with Gasteiger partial charge in [0.1, 0.15) is 5.82 Å². The minimum Gasteiger partial charge on any atom is -0.493 e. The molecule has 0 saturated heterocycles. The highest BCUT2D eigenvalue weighted by atomic mass is 32.2. The van der Waals surface area contributed by atoms with Crippen LogP contribution in [0.4, 0.5) is 0 Å². The maximum Gasteiger partial charge on any atom is 0.237 e. The molecule has 0 bridgehead atoms. The summed E-state index contributed by atoms with van der Waals surface area (Å²) in [7, 11) is 3.20. The van der Waals surface area contributed by atoms with Crippen LogP contribution in [0.25, 0.3) is 17.1 Å². The van der Waals surface area contributed by atoms with E-state index >= 15 is 0 Å². The molecular weight excluding hydrogens is 414 g/mol. The van der Waals surface area contributed by atoms with E-state index in [9.17, 15) is 0 Å². The van der Waals surface area contributed by atoms with Gasteiger partial charge in [-0.1, -0.05) is 35.1 Å². The molecule has 0 amide bonds. The minimum atomic E-state index is 0.488. The lowest BCUT2D eigenvalue weighted by Gasteiger charge is -2.08. The van der Waals surface area contributed by atoms with E-state index in [2.05, 4.69) is 37.0 Å². The molecule has 0 atom stereocenters. The van der Waals surface area contributed by atoms with E-state index in [1.165, 1.54) is 11.8 Å². The number of rotatable bonds is 8. The summed E-state index contributed by atoms with van der Waals surface area (Å²) in [5.41, 5.74) is 1.86. The molecule has 1 saturated carbocycles. The Hall–Kier alpha value is -3.33. The average Bonchev–Trinajstić information content (AvgIpc) is 3.40. The molecule has 0 aliphatic heterocycles. The maximum absolute atomic E-state index is 5.47. The van der Waals surface area contributed by atoms with Crippen molar-refractivity contribution in [1.82, 2.24) is 24.9 Å². The predicted octanol–water partition coefficient (Wildman–Crippen LogP) is 4.50. The predicted molar refractivity (Wildman–Crippen MR) is 116 cm³/mol. The Morgan fingerprint density at radius 2 is 1.84 bits per heavy atom. The van der Waals surface area contributed by atoms with Gasteiger partial charge in [0.2, 0.25) is 11.7 Å². The second kappa shape index (κ2) is 8.43. The second-order valence-corrected chi connectivity index (χ2v) is 8.10. The third-order valence-electron chi connectivity index (χ3n) is 5.05. The van der Waals surface area contributed by atoms with Crippen LogP contribution in [0.1, 0.15) is 30.5 Å². The molecule has 9 heteroatoms. The highest BCUT2D eigenvalue weighted by molar-refractivity contribution is 7.98. The highest BCUT2D eigenvalue weighted by Crippen LogP contribution is 2.41. The van der Waals surface area contributed by atoms with Crippen molar-refractivity contribution < 1.29 is 14.0 Å². The summed E-state index contributed by atoms with van der Waals surface area (Å²) in [6, 6.07) is 15.7. The molecule has 1 aliphatic rings. The van der Waals surface area contributed by atoms with Crippen LogP contribution >= 0.6 is 11.8 Å². The van der Waals surface area contributed by atoms with Gasteiger partial charge in [-0.2, -0.15) is 4.98 Å². The summed E-state index contributed by atoms with van der Waals surface area (Å²) < 4.78 is 18.2. The van der Waals surface area contributed by atoms with Crippen LogP contribution < -0.4 is 9.47 Å². The molecule has 0 radical (unpaired) electrons. The largest absolute Gasteiger partial charge is 0.493 e. The summed E-state index contributed by atoms with van der Waals surface area (Å²) in [6.45, 7) is 0. The Morgan fingerprint density at radius 3 is 2.58 bits per heavy atom. The van der Waals surface area contributed by atoms with Crippen molar-refractivity contribution >= 4 is 11.8 Å². The SMILES string of the molecule is COc1ccc(-c2noc(CSc3nnc(C4CC4)n3-c3ccccc3)n2)cc1OC. The fourth-order valence-corrected chi connectivity index (χ4v) is 4.13. The Morgan fingerprint density at radius 1 is 1.03 bits per heavy atom. The van der Waals surface area contributed by atoms with Crippen molar-refractivity contribution in [3.63, 3.8) is 0 Å². The fraction of sp³-hybridized carbons (Fsp3) is 0.273. The number of aromatic nitrogens is 5. The molecule has 5 rings (SSSR count). The van der Waals surface area contributed by atoms with Gasteiger partial charge < -0.3 is 14.0 Å². The standard InChI is InChI=1S/C22H21N5O3S/c1-28-17-11-10-15(12-18(17)29-2)20-23-19(30-26-20)13-31-22-25-24-21(14-8-9-14)27(22)16-6-4-3-5-7-16/h3-7,10-12,14H,8-9,13H2,1-2H3. The van der Waals surface area contributed by atoms with Crippen molar-refractivity contribution in [2.45, 2.75) is 29.7 Å². The zero-order valence-electron chi connectivity index (χ0n) is 17.2. The molecule has 31 heavy (non-hydrogen) atoms. The second-order valence-electron chi connectivity index (χ2n) is 7.16. The molecule has 2 heterocycles. The molecule has 2 aromatic heterocycles. The van der Waals surface area contributed by atoms with Crippen LogP contribution in [-0.2, 0) is 5.75 Å². The number of benzene rings is 2. The normalized spacial score (nSPS) is 13.4. The number of para-hydroxylation sites is 1. The first-order chi connectivity index (χ1) is 15.3. The quantitative estimate of drug-likeness (QED) is 0.374. The highest BCUT2D eigenvalue weighted by Gasteiger charge is 2.31. The average molecular weight is 436 g/mol.